The second kappa shape index (κ2) is 13.9. The number of carbonyl (C=O) groups is 1. The standard InChI is InChI=1S/C35H44N8O3/c1-35(2,3)30(36)21-32(39-23-11-13-24(44)14-12-23)41-34(45)40-28-16-17-29(27-10-6-5-9-26(27)28)46-25-15-18-31(37)43(22-25)33(38)42-19-7-4-8-20-42/h5-6,9-15,18,21-22,28-29,37-38,44H,4,7-8,16-17,19-20,36H2,1-3H3,(H2,39,40,41,45)/b30-21-,37-31?,38-33?/t28-,29+/m0/s1. The summed E-state index contributed by atoms with van der Waals surface area (Å²) in [5.74, 6) is 1.28. The summed E-state index contributed by atoms with van der Waals surface area (Å²) >= 11 is 0. The first-order chi connectivity index (χ1) is 22.0. The molecular weight excluding hydrogens is 580 g/mol. The Morgan fingerprint density at radius 3 is 2.41 bits per heavy atom. The number of urea groups is 1. The first-order valence-corrected chi connectivity index (χ1v) is 15.8. The van der Waals surface area contributed by atoms with Crippen LogP contribution in [0.3, 0.4) is 0 Å². The number of benzene rings is 2. The molecule has 2 amide bonds. The lowest BCUT2D eigenvalue weighted by Crippen LogP contribution is -2.43. The number of carbonyl (C=O) groups excluding carboxylic acids is 1. The highest BCUT2D eigenvalue weighted by molar-refractivity contribution is 6.05. The monoisotopic (exact) mass is 624 g/mol. The van der Waals surface area contributed by atoms with Gasteiger partial charge < -0.3 is 25.8 Å². The van der Waals surface area contributed by atoms with Crippen molar-refractivity contribution in [2.75, 3.05) is 13.1 Å². The number of piperidine rings is 1. The molecule has 11 nitrogen and oxygen atoms in total. The van der Waals surface area contributed by atoms with Crippen molar-refractivity contribution in [3.63, 3.8) is 0 Å². The smallest absolute Gasteiger partial charge is 0.320 e. The number of fused-ring (bicyclic) bond motifs is 1. The molecule has 1 aliphatic carbocycles. The third-order valence-electron chi connectivity index (χ3n) is 8.32. The van der Waals surface area contributed by atoms with Crippen LogP contribution in [0.2, 0.25) is 0 Å². The number of phenolic OH excluding ortho intramolecular Hbond substituents is 1. The van der Waals surface area contributed by atoms with E-state index < -0.39 is 6.03 Å². The first-order valence-electron chi connectivity index (χ1n) is 15.8. The van der Waals surface area contributed by atoms with E-state index in [1.807, 2.05) is 49.9 Å². The number of phenols is 1. The van der Waals surface area contributed by atoms with E-state index in [1.165, 1.54) is 18.6 Å². The Balaban J connectivity index is 1.32. The number of nitrogens with two attached hydrogens (primary N) is 1. The molecule has 1 fully saturated rings. The van der Waals surface area contributed by atoms with Crippen molar-refractivity contribution in [3.05, 3.63) is 95.2 Å². The summed E-state index contributed by atoms with van der Waals surface area (Å²) in [5.41, 5.74) is 9.27. The number of ether oxygens (including phenoxy) is 1. The zero-order valence-electron chi connectivity index (χ0n) is 26.7. The van der Waals surface area contributed by atoms with Crippen LogP contribution in [0, 0.1) is 16.2 Å². The fraction of sp³-hybridized carbons (Fsp3) is 0.371. The van der Waals surface area contributed by atoms with Crippen molar-refractivity contribution in [1.29, 1.82) is 10.8 Å². The Morgan fingerprint density at radius 1 is 1.02 bits per heavy atom. The lowest BCUT2D eigenvalue weighted by molar-refractivity contribution is 0.171. The van der Waals surface area contributed by atoms with Gasteiger partial charge in [0.1, 0.15) is 28.9 Å². The second-order valence-corrected chi connectivity index (χ2v) is 12.8. The van der Waals surface area contributed by atoms with E-state index in [4.69, 9.17) is 21.3 Å². The predicted octanol–water partition coefficient (Wildman–Crippen LogP) is 5.82. The average Bonchev–Trinajstić information content (AvgIpc) is 3.03. The topological polar surface area (TPSA) is 165 Å². The summed E-state index contributed by atoms with van der Waals surface area (Å²) in [6.07, 6.45) is 7.68. The Kier molecular flexibility index (Phi) is 9.79. The minimum atomic E-state index is -0.419. The van der Waals surface area contributed by atoms with Crippen molar-refractivity contribution < 1.29 is 14.6 Å². The number of aliphatic imine (C=N–C) groups is 1. The zero-order chi connectivity index (χ0) is 32.8. The Hall–Kier alpha value is -5.06. The molecule has 1 aliphatic heterocycles. The number of nitrogens with zero attached hydrogens (tertiary/aromatic N) is 3. The quantitative estimate of drug-likeness (QED) is 0.155. The van der Waals surface area contributed by atoms with E-state index in [9.17, 15) is 9.90 Å². The zero-order valence-corrected chi connectivity index (χ0v) is 26.7. The van der Waals surface area contributed by atoms with Gasteiger partial charge in [-0.05, 0) is 79.6 Å². The van der Waals surface area contributed by atoms with Crippen LogP contribution >= 0.6 is 0 Å². The van der Waals surface area contributed by atoms with E-state index in [0.717, 1.165) is 37.1 Å². The van der Waals surface area contributed by atoms with Gasteiger partial charge in [0.25, 0.3) is 0 Å². The van der Waals surface area contributed by atoms with E-state index in [-0.39, 0.29) is 34.6 Å². The number of hydrogen-bond donors (Lipinski definition) is 6. The number of likely N-dealkylation sites (tertiary alicyclic amines) is 1. The summed E-state index contributed by atoms with van der Waals surface area (Å²) in [7, 11) is 0. The highest BCUT2D eigenvalue weighted by Crippen LogP contribution is 2.38. The summed E-state index contributed by atoms with van der Waals surface area (Å²) in [6, 6.07) is 17.0. The SMILES string of the molecule is CC(C)(C)/C(N)=C/C(=Nc1ccc(O)cc1)NC(=O)N[C@H]1CC[C@@H](Oc2ccc(=N)n(C(=N)N3CCCCC3)c2)c2ccccc21. The first kappa shape index (κ1) is 32.3. The van der Waals surface area contributed by atoms with Gasteiger partial charge in [-0.15, -0.1) is 0 Å². The van der Waals surface area contributed by atoms with Crippen LogP contribution < -0.4 is 26.6 Å². The minimum Gasteiger partial charge on any atom is -0.508 e. The number of rotatable bonds is 5. The molecule has 2 heterocycles. The van der Waals surface area contributed by atoms with Crippen molar-refractivity contribution in [2.45, 2.75) is 65.0 Å². The van der Waals surface area contributed by atoms with Crippen LogP contribution in [0.5, 0.6) is 11.5 Å². The molecular formula is C35H44N8O3. The number of amidine groups is 1. The van der Waals surface area contributed by atoms with Crippen molar-refractivity contribution in [2.24, 2.45) is 16.1 Å². The van der Waals surface area contributed by atoms with Gasteiger partial charge in [-0.25, -0.2) is 9.79 Å². The maximum Gasteiger partial charge on any atom is 0.320 e. The molecule has 242 valence electrons. The van der Waals surface area contributed by atoms with Gasteiger partial charge in [-0.1, -0.05) is 45.0 Å². The predicted molar refractivity (Wildman–Crippen MR) is 179 cm³/mol. The number of pyridine rings is 1. The molecule has 1 saturated heterocycles. The van der Waals surface area contributed by atoms with Gasteiger partial charge in [0.2, 0.25) is 5.96 Å². The van der Waals surface area contributed by atoms with Gasteiger partial charge >= 0.3 is 6.03 Å². The third-order valence-corrected chi connectivity index (χ3v) is 8.32. The number of allylic oxidation sites excluding steroid dienone is 1. The number of amides is 2. The number of aromatic nitrogens is 1. The van der Waals surface area contributed by atoms with Gasteiger partial charge in [-0.2, -0.15) is 0 Å². The molecule has 0 bridgehead atoms. The van der Waals surface area contributed by atoms with Gasteiger partial charge in [-0.3, -0.25) is 20.7 Å². The molecule has 11 heteroatoms. The minimum absolute atomic E-state index is 0.124. The molecule has 3 aromatic rings. The molecule has 46 heavy (non-hydrogen) atoms. The molecule has 2 aliphatic rings. The number of nitrogens with one attached hydrogen (secondary N) is 4. The van der Waals surface area contributed by atoms with Crippen molar-refractivity contribution in [3.8, 4) is 11.5 Å². The summed E-state index contributed by atoms with van der Waals surface area (Å²) in [5, 5.41) is 32.7. The van der Waals surface area contributed by atoms with E-state index >= 15 is 0 Å². The second-order valence-electron chi connectivity index (χ2n) is 12.8. The normalized spacial score (nSPS) is 18.8. The van der Waals surface area contributed by atoms with Crippen LogP contribution in [-0.4, -0.2) is 45.5 Å². The van der Waals surface area contributed by atoms with Crippen molar-refractivity contribution in [1.82, 2.24) is 20.1 Å². The van der Waals surface area contributed by atoms with Crippen LogP contribution in [0.1, 0.15) is 76.1 Å². The molecule has 7 N–H and O–H groups in total. The number of hydrogen-bond acceptors (Lipinski definition) is 7. The van der Waals surface area contributed by atoms with Crippen LogP contribution in [-0.2, 0) is 0 Å². The maximum absolute atomic E-state index is 13.4. The molecule has 5 rings (SSSR count). The molecule has 1 aromatic heterocycles. The number of aromatic hydroxyl groups is 1. The van der Waals surface area contributed by atoms with Crippen LogP contribution in [0.15, 0.2) is 83.6 Å². The van der Waals surface area contributed by atoms with E-state index in [2.05, 4.69) is 15.6 Å². The van der Waals surface area contributed by atoms with Crippen LogP contribution in [0.25, 0.3) is 0 Å². The Labute approximate surface area is 269 Å². The summed E-state index contributed by atoms with van der Waals surface area (Å²) < 4.78 is 8.05. The van der Waals surface area contributed by atoms with Gasteiger partial charge in [0, 0.05) is 30.3 Å². The van der Waals surface area contributed by atoms with Crippen molar-refractivity contribution >= 4 is 23.5 Å². The van der Waals surface area contributed by atoms with E-state index in [0.29, 0.717) is 35.9 Å². The summed E-state index contributed by atoms with van der Waals surface area (Å²) in [6.45, 7) is 7.58. The lowest BCUT2D eigenvalue weighted by Gasteiger charge is -2.33. The molecule has 0 unspecified atom stereocenters. The maximum atomic E-state index is 13.4. The average molecular weight is 625 g/mol. The molecule has 2 aromatic carbocycles. The molecule has 0 radical (unpaired) electrons. The fourth-order valence-corrected chi connectivity index (χ4v) is 5.61. The highest BCUT2D eigenvalue weighted by atomic mass is 16.5. The van der Waals surface area contributed by atoms with Crippen LogP contribution in [0.4, 0.5) is 10.5 Å². The molecule has 0 spiro atoms. The fourth-order valence-electron chi connectivity index (χ4n) is 5.61. The Bertz CT molecular complexity index is 1680. The lowest BCUT2D eigenvalue weighted by atomic mass is 9.85. The van der Waals surface area contributed by atoms with Gasteiger partial charge in [0.15, 0.2) is 0 Å². The van der Waals surface area contributed by atoms with E-state index in [1.54, 1.807) is 41.1 Å². The molecule has 0 saturated carbocycles. The van der Waals surface area contributed by atoms with Gasteiger partial charge in [0.05, 0.1) is 17.9 Å². The third kappa shape index (κ3) is 7.96. The summed E-state index contributed by atoms with van der Waals surface area (Å²) in [4.78, 5) is 19.9. The highest BCUT2D eigenvalue weighted by Gasteiger charge is 2.30. The molecule has 2 atom stereocenters. The Morgan fingerprint density at radius 2 is 1.72 bits per heavy atom. The largest absolute Gasteiger partial charge is 0.508 e.